The van der Waals surface area contributed by atoms with Gasteiger partial charge in [0.2, 0.25) is 11.9 Å². The lowest BCUT2D eigenvalue weighted by molar-refractivity contribution is -0.124. The van der Waals surface area contributed by atoms with E-state index >= 15 is 0 Å². The van der Waals surface area contributed by atoms with Gasteiger partial charge in [-0.15, -0.1) is 5.10 Å². The second-order valence-corrected chi connectivity index (χ2v) is 8.77. The molecule has 4 N–H and O–H groups in total. The average Bonchev–Trinajstić information content (AvgIpc) is 3.32. The van der Waals surface area contributed by atoms with Crippen LogP contribution >= 0.6 is 0 Å². The molecule has 3 aliphatic rings. The van der Waals surface area contributed by atoms with Crippen LogP contribution in [0.2, 0.25) is 0 Å². The van der Waals surface area contributed by atoms with E-state index < -0.39 is 17.0 Å². The maximum atomic E-state index is 12.2. The number of urea groups is 1. The first kappa shape index (κ1) is 18.5. The molecule has 32 heavy (non-hydrogen) atoms. The fraction of sp³-hybridized carbons (Fsp3) is 0.300. The molecule has 0 radical (unpaired) electrons. The molecule has 2 saturated heterocycles. The van der Waals surface area contributed by atoms with E-state index in [2.05, 4.69) is 36.3 Å². The highest BCUT2D eigenvalue weighted by molar-refractivity contribution is 6.09. The standard InChI is InChI=1S/C20H19N9O3/c1-19(2)11-4-3-10(7-12(11)23-15(19)30)22-17-24-14-13(21-5-6-29(14)27-17)28-8-20(9-28)16(31)25-18(32)26-20/h3-7H,8-9H2,1-2H3,(H,22,27)(H,23,30)(H2,25,26,31,32). The Labute approximate surface area is 181 Å². The number of imide groups is 1. The molecule has 3 aromatic rings. The molecular weight excluding hydrogens is 414 g/mol. The Morgan fingerprint density at radius 2 is 1.91 bits per heavy atom. The molecule has 0 atom stereocenters. The molecule has 12 nitrogen and oxygen atoms in total. The maximum Gasteiger partial charge on any atom is 0.322 e. The molecule has 1 spiro atoms. The van der Waals surface area contributed by atoms with Crippen LogP contribution in [0.4, 0.5) is 27.9 Å². The Morgan fingerprint density at radius 3 is 2.66 bits per heavy atom. The first-order chi connectivity index (χ1) is 15.2. The largest absolute Gasteiger partial charge is 0.348 e. The number of benzene rings is 1. The number of hydrogen-bond acceptors (Lipinski definition) is 8. The number of carbonyl (C=O) groups is 3. The number of rotatable bonds is 3. The average molecular weight is 433 g/mol. The second kappa shape index (κ2) is 5.93. The van der Waals surface area contributed by atoms with E-state index in [4.69, 9.17) is 0 Å². The van der Waals surface area contributed by atoms with Gasteiger partial charge in [0, 0.05) is 23.8 Å². The molecule has 0 aliphatic carbocycles. The van der Waals surface area contributed by atoms with Crippen molar-refractivity contribution in [1.29, 1.82) is 0 Å². The first-order valence-corrected chi connectivity index (χ1v) is 10.1. The Bertz CT molecular complexity index is 1340. The van der Waals surface area contributed by atoms with E-state index in [-0.39, 0.29) is 11.8 Å². The van der Waals surface area contributed by atoms with Gasteiger partial charge in [-0.1, -0.05) is 6.07 Å². The monoisotopic (exact) mass is 433 g/mol. The van der Waals surface area contributed by atoms with Gasteiger partial charge in [-0.2, -0.15) is 4.98 Å². The summed E-state index contributed by atoms with van der Waals surface area (Å²) in [5.74, 6) is 0.563. The number of fused-ring (bicyclic) bond motifs is 2. The van der Waals surface area contributed by atoms with Gasteiger partial charge in [-0.25, -0.2) is 14.3 Å². The maximum absolute atomic E-state index is 12.2. The number of nitrogens with one attached hydrogen (secondary N) is 4. The molecule has 2 fully saturated rings. The molecule has 1 aromatic carbocycles. The zero-order valence-corrected chi connectivity index (χ0v) is 17.3. The van der Waals surface area contributed by atoms with Gasteiger partial charge in [-0.05, 0) is 31.5 Å². The van der Waals surface area contributed by atoms with Crippen LogP contribution in [-0.4, -0.2) is 56.1 Å². The number of anilines is 4. The normalized spacial score (nSPS) is 20.1. The third-order valence-corrected chi connectivity index (χ3v) is 6.24. The summed E-state index contributed by atoms with van der Waals surface area (Å²) in [4.78, 5) is 46.6. The van der Waals surface area contributed by atoms with Crippen molar-refractivity contribution in [2.24, 2.45) is 0 Å². The zero-order chi connectivity index (χ0) is 22.3. The van der Waals surface area contributed by atoms with Crippen molar-refractivity contribution in [1.82, 2.24) is 30.2 Å². The summed E-state index contributed by atoms with van der Waals surface area (Å²) >= 11 is 0. The molecule has 6 rings (SSSR count). The smallest absolute Gasteiger partial charge is 0.322 e. The van der Waals surface area contributed by atoms with Crippen molar-refractivity contribution in [3.63, 3.8) is 0 Å². The lowest BCUT2D eigenvalue weighted by Gasteiger charge is -2.45. The van der Waals surface area contributed by atoms with E-state index in [1.165, 1.54) is 0 Å². The zero-order valence-electron chi connectivity index (χ0n) is 17.3. The summed E-state index contributed by atoms with van der Waals surface area (Å²) < 4.78 is 1.60. The topological polar surface area (TPSA) is 146 Å². The van der Waals surface area contributed by atoms with Crippen molar-refractivity contribution in [2.75, 3.05) is 28.6 Å². The van der Waals surface area contributed by atoms with Crippen molar-refractivity contribution in [3.05, 3.63) is 36.2 Å². The molecule has 5 heterocycles. The summed E-state index contributed by atoms with van der Waals surface area (Å²) in [5.41, 5.74) is 1.47. The third-order valence-electron chi connectivity index (χ3n) is 6.24. The van der Waals surface area contributed by atoms with Crippen LogP contribution in [0.3, 0.4) is 0 Å². The summed E-state index contributed by atoms with van der Waals surface area (Å²) in [7, 11) is 0. The predicted molar refractivity (Wildman–Crippen MR) is 114 cm³/mol. The number of carbonyl (C=O) groups excluding carboxylic acids is 3. The first-order valence-electron chi connectivity index (χ1n) is 10.1. The Balaban J connectivity index is 1.26. The number of aromatic nitrogens is 4. The Hall–Kier alpha value is -4.22. The van der Waals surface area contributed by atoms with Gasteiger partial charge in [-0.3, -0.25) is 14.9 Å². The van der Waals surface area contributed by atoms with Crippen molar-refractivity contribution < 1.29 is 14.4 Å². The minimum Gasteiger partial charge on any atom is -0.348 e. The Kier molecular flexibility index (Phi) is 3.44. The molecule has 12 heteroatoms. The van der Waals surface area contributed by atoms with Crippen LogP contribution in [0.1, 0.15) is 19.4 Å². The minimum absolute atomic E-state index is 0.0364. The van der Waals surface area contributed by atoms with Gasteiger partial charge in [0.25, 0.3) is 5.91 Å². The van der Waals surface area contributed by atoms with Crippen molar-refractivity contribution in [3.8, 4) is 0 Å². The molecule has 0 unspecified atom stereocenters. The van der Waals surface area contributed by atoms with Crippen LogP contribution in [0.5, 0.6) is 0 Å². The van der Waals surface area contributed by atoms with E-state index in [1.54, 1.807) is 16.9 Å². The lowest BCUT2D eigenvalue weighted by atomic mass is 9.86. The summed E-state index contributed by atoms with van der Waals surface area (Å²) in [6.45, 7) is 4.38. The SMILES string of the molecule is CC1(C)C(=O)Nc2cc(Nc3nc4c(N5CC6(C5)NC(=O)NC6=O)nccn4n3)ccc21. The van der Waals surface area contributed by atoms with Gasteiger partial charge < -0.3 is 20.9 Å². The third kappa shape index (κ3) is 2.49. The van der Waals surface area contributed by atoms with Crippen LogP contribution in [0, 0.1) is 0 Å². The summed E-state index contributed by atoms with van der Waals surface area (Å²) in [5, 5.41) is 15.5. The van der Waals surface area contributed by atoms with E-state index in [1.807, 2.05) is 36.9 Å². The van der Waals surface area contributed by atoms with E-state index in [9.17, 15) is 14.4 Å². The molecule has 162 valence electrons. The highest BCUT2D eigenvalue weighted by Crippen LogP contribution is 2.39. The van der Waals surface area contributed by atoms with Crippen LogP contribution < -0.4 is 26.2 Å². The minimum atomic E-state index is -0.921. The fourth-order valence-corrected chi connectivity index (χ4v) is 4.39. The van der Waals surface area contributed by atoms with Crippen LogP contribution in [0.25, 0.3) is 5.65 Å². The molecule has 4 amide bonds. The highest BCUT2D eigenvalue weighted by Gasteiger charge is 2.55. The van der Waals surface area contributed by atoms with Gasteiger partial charge in [0.05, 0.1) is 18.5 Å². The second-order valence-electron chi connectivity index (χ2n) is 8.77. The van der Waals surface area contributed by atoms with Crippen molar-refractivity contribution >= 4 is 46.6 Å². The molecule has 0 bridgehead atoms. The van der Waals surface area contributed by atoms with Gasteiger partial charge >= 0.3 is 6.03 Å². The van der Waals surface area contributed by atoms with Crippen LogP contribution in [-0.2, 0) is 15.0 Å². The van der Waals surface area contributed by atoms with Crippen molar-refractivity contribution in [2.45, 2.75) is 24.8 Å². The number of hydrogen-bond donors (Lipinski definition) is 4. The predicted octanol–water partition coefficient (Wildman–Crippen LogP) is 0.496. The lowest BCUT2D eigenvalue weighted by Crippen LogP contribution is -2.71. The number of nitrogens with zero attached hydrogens (tertiary/aromatic N) is 5. The summed E-state index contributed by atoms with van der Waals surface area (Å²) in [6, 6.07) is 5.17. The Morgan fingerprint density at radius 1 is 1.09 bits per heavy atom. The van der Waals surface area contributed by atoms with E-state index in [0.29, 0.717) is 30.5 Å². The molecule has 0 saturated carbocycles. The number of amides is 4. The fourth-order valence-electron chi connectivity index (χ4n) is 4.39. The quantitative estimate of drug-likeness (QED) is 0.437. The molecular formula is C20H19N9O3. The molecule has 3 aliphatic heterocycles. The van der Waals surface area contributed by atoms with E-state index in [0.717, 1.165) is 16.9 Å². The van der Waals surface area contributed by atoms with Gasteiger partial charge in [0.15, 0.2) is 17.0 Å². The highest BCUT2D eigenvalue weighted by atomic mass is 16.2. The van der Waals surface area contributed by atoms with Crippen LogP contribution in [0.15, 0.2) is 30.6 Å². The van der Waals surface area contributed by atoms with Gasteiger partial charge in [0.1, 0.15) is 0 Å². The summed E-state index contributed by atoms with van der Waals surface area (Å²) in [6.07, 6.45) is 3.29. The molecule has 2 aromatic heterocycles.